The van der Waals surface area contributed by atoms with Crippen molar-refractivity contribution in [3.63, 3.8) is 0 Å². The third kappa shape index (κ3) is 3.01. The van der Waals surface area contributed by atoms with Crippen molar-refractivity contribution in [2.24, 2.45) is 0 Å². The SMILES string of the molecule is CCc1cc2cc(Cl)cc(OC(F)(F)F)c2[nH]c1=O. The standard InChI is InChI=1S/C12H9ClF3NO2/c1-2-6-3-7-4-8(13)5-9(19-12(14,15)16)10(7)17-11(6)18/h3-5H,2H2,1H3,(H,17,18). The summed E-state index contributed by atoms with van der Waals surface area (Å²) in [4.78, 5) is 14.0. The predicted molar refractivity (Wildman–Crippen MR) is 65.6 cm³/mol. The van der Waals surface area contributed by atoms with Gasteiger partial charge < -0.3 is 9.72 Å². The normalized spacial score (nSPS) is 11.8. The van der Waals surface area contributed by atoms with Gasteiger partial charge in [-0.15, -0.1) is 13.2 Å². The van der Waals surface area contributed by atoms with Crippen LogP contribution in [0, 0.1) is 0 Å². The molecule has 3 nitrogen and oxygen atoms in total. The van der Waals surface area contributed by atoms with Crippen LogP contribution in [0.4, 0.5) is 13.2 Å². The van der Waals surface area contributed by atoms with E-state index < -0.39 is 17.7 Å². The number of ether oxygens (including phenoxy) is 1. The zero-order valence-electron chi connectivity index (χ0n) is 9.77. The maximum absolute atomic E-state index is 12.3. The van der Waals surface area contributed by atoms with Crippen molar-refractivity contribution < 1.29 is 17.9 Å². The first-order valence-corrected chi connectivity index (χ1v) is 5.79. The predicted octanol–water partition coefficient (Wildman–Crippen LogP) is 3.64. The van der Waals surface area contributed by atoms with Crippen molar-refractivity contribution in [1.29, 1.82) is 0 Å². The van der Waals surface area contributed by atoms with Crippen LogP contribution in [0.3, 0.4) is 0 Å². The van der Waals surface area contributed by atoms with Gasteiger partial charge in [0, 0.05) is 22.0 Å². The van der Waals surface area contributed by atoms with Gasteiger partial charge in [0.25, 0.3) is 5.56 Å². The highest BCUT2D eigenvalue weighted by atomic mass is 35.5. The molecule has 0 bridgehead atoms. The van der Waals surface area contributed by atoms with Gasteiger partial charge in [0.05, 0.1) is 5.52 Å². The van der Waals surface area contributed by atoms with Crippen molar-refractivity contribution in [3.8, 4) is 5.75 Å². The smallest absolute Gasteiger partial charge is 0.403 e. The molecule has 1 aromatic heterocycles. The summed E-state index contributed by atoms with van der Waals surface area (Å²) in [7, 11) is 0. The van der Waals surface area contributed by atoms with Gasteiger partial charge in [-0.2, -0.15) is 0 Å². The second-order valence-electron chi connectivity index (χ2n) is 3.89. The topological polar surface area (TPSA) is 42.1 Å². The number of fused-ring (bicyclic) bond motifs is 1. The number of hydrogen-bond donors (Lipinski definition) is 1. The summed E-state index contributed by atoms with van der Waals surface area (Å²) in [5.41, 5.74) is 0.000923. The van der Waals surface area contributed by atoms with Crippen LogP contribution in [-0.4, -0.2) is 11.3 Å². The van der Waals surface area contributed by atoms with Crippen molar-refractivity contribution in [1.82, 2.24) is 4.98 Å². The Kier molecular flexibility index (Phi) is 3.45. The first kappa shape index (κ1) is 13.7. The fourth-order valence-corrected chi connectivity index (χ4v) is 1.98. The van der Waals surface area contributed by atoms with Crippen LogP contribution in [0.25, 0.3) is 10.9 Å². The molecule has 0 aliphatic rings. The molecule has 1 heterocycles. The maximum Gasteiger partial charge on any atom is 0.573 e. The molecule has 0 aliphatic carbocycles. The number of halogens is 4. The summed E-state index contributed by atoms with van der Waals surface area (Å²) >= 11 is 5.75. The average molecular weight is 292 g/mol. The molecule has 2 rings (SSSR count). The van der Waals surface area contributed by atoms with Gasteiger partial charge in [-0.3, -0.25) is 4.79 Å². The molecule has 0 saturated carbocycles. The van der Waals surface area contributed by atoms with Gasteiger partial charge in [-0.1, -0.05) is 18.5 Å². The quantitative estimate of drug-likeness (QED) is 0.918. The van der Waals surface area contributed by atoms with Gasteiger partial charge in [0.1, 0.15) is 0 Å². The van der Waals surface area contributed by atoms with Crippen LogP contribution in [0.15, 0.2) is 23.0 Å². The second kappa shape index (κ2) is 4.77. The van der Waals surface area contributed by atoms with E-state index in [9.17, 15) is 18.0 Å². The molecule has 1 N–H and O–H groups in total. The Hall–Kier alpha value is -1.69. The minimum Gasteiger partial charge on any atom is -0.403 e. The molecule has 2 aromatic rings. The Morgan fingerprint density at radius 3 is 2.58 bits per heavy atom. The number of aromatic amines is 1. The Morgan fingerprint density at radius 2 is 2.00 bits per heavy atom. The fraction of sp³-hybridized carbons (Fsp3) is 0.250. The lowest BCUT2D eigenvalue weighted by Gasteiger charge is -2.12. The Labute approximate surface area is 111 Å². The average Bonchev–Trinajstić information content (AvgIpc) is 2.27. The van der Waals surface area contributed by atoms with Crippen molar-refractivity contribution in [2.75, 3.05) is 0 Å². The lowest BCUT2D eigenvalue weighted by molar-refractivity contribution is -0.274. The van der Waals surface area contributed by atoms with Crippen LogP contribution in [0.2, 0.25) is 5.02 Å². The molecule has 0 radical (unpaired) electrons. The van der Waals surface area contributed by atoms with Crippen molar-refractivity contribution >= 4 is 22.5 Å². The molecule has 0 unspecified atom stereocenters. The van der Waals surface area contributed by atoms with E-state index in [1.807, 2.05) is 0 Å². The zero-order chi connectivity index (χ0) is 14.2. The van der Waals surface area contributed by atoms with E-state index in [1.165, 1.54) is 12.1 Å². The highest BCUT2D eigenvalue weighted by Gasteiger charge is 2.32. The largest absolute Gasteiger partial charge is 0.573 e. The van der Waals surface area contributed by atoms with Crippen molar-refractivity contribution in [3.05, 3.63) is 39.1 Å². The molecular weight excluding hydrogens is 283 g/mol. The fourth-order valence-electron chi connectivity index (χ4n) is 1.76. The first-order chi connectivity index (χ1) is 8.80. The molecule has 102 valence electrons. The van der Waals surface area contributed by atoms with Crippen molar-refractivity contribution in [2.45, 2.75) is 19.7 Å². The van der Waals surface area contributed by atoms with E-state index in [1.54, 1.807) is 6.92 Å². The number of H-pyrrole nitrogens is 1. The molecule has 0 aliphatic heterocycles. The van der Waals surface area contributed by atoms with Crippen LogP contribution in [-0.2, 0) is 6.42 Å². The molecule has 7 heteroatoms. The highest BCUT2D eigenvalue weighted by Crippen LogP contribution is 2.32. The van der Waals surface area contributed by atoms with E-state index in [0.717, 1.165) is 6.07 Å². The van der Waals surface area contributed by atoms with Gasteiger partial charge >= 0.3 is 6.36 Å². The van der Waals surface area contributed by atoms with E-state index in [4.69, 9.17) is 11.6 Å². The summed E-state index contributed by atoms with van der Waals surface area (Å²) in [6.07, 6.45) is -4.38. The monoisotopic (exact) mass is 291 g/mol. The number of alkyl halides is 3. The molecular formula is C12H9ClF3NO2. The van der Waals surface area contributed by atoms with Gasteiger partial charge in [-0.25, -0.2) is 0 Å². The number of rotatable bonds is 2. The molecule has 0 saturated heterocycles. The van der Waals surface area contributed by atoms with Gasteiger partial charge in [-0.05, 0) is 18.6 Å². The first-order valence-electron chi connectivity index (χ1n) is 5.41. The number of hydrogen-bond acceptors (Lipinski definition) is 2. The molecule has 0 spiro atoms. The van der Waals surface area contributed by atoms with Gasteiger partial charge in [0.2, 0.25) is 0 Å². The number of nitrogens with one attached hydrogen (secondary N) is 1. The van der Waals surface area contributed by atoms with Crippen LogP contribution in [0.5, 0.6) is 5.75 Å². The minimum atomic E-state index is -4.85. The lowest BCUT2D eigenvalue weighted by Crippen LogP contribution is -2.18. The summed E-state index contributed by atoms with van der Waals surface area (Å²) in [6.45, 7) is 1.77. The Balaban J connectivity index is 2.70. The summed E-state index contributed by atoms with van der Waals surface area (Å²) in [5, 5.41) is 0.490. The lowest BCUT2D eigenvalue weighted by atomic mass is 10.1. The van der Waals surface area contributed by atoms with Crippen LogP contribution in [0.1, 0.15) is 12.5 Å². The highest BCUT2D eigenvalue weighted by molar-refractivity contribution is 6.31. The molecule has 19 heavy (non-hydrogen) atoms. The third-order valence-electron chi connectivity index (χ3n) is 2.56. The van der Waals surface area contributed by atoms with Crippen LogP contribution >= 0.6 is 11.6 Å². The Bertz CT molecular complexity index is 679. The number of aromatic nitrogens is 1. The second-order valence-corrected chi connectivity index (χ2v) is 4.33. The number of aryl methyl sites for hydroxylation is 1. The summed E-state index contributed by atoms with van der Waals surface area (Å²) in [6, 6.07) is 3.98. The van der Waals surface area contributed by atoms with E-state index >= 15 is 0 Å². The molecule has 1 aromatic carbocycles. The minimum absolute atomic E-state index is 0.0241. The summed E-state index contributed by atoms with van der Waals surface area (Å²) < 4.78 is 40.7. The molecule has 0 atom stereocenters. The molecule has 0 amide bonds. The number of benzene rings is 1. The van der Waals surface area contributed by atoms with E-state index in [0.29, 0.717) is 17.4 Å². The zero-order valence-corrected chi connectivity index (χ0v) is 10.5. The number of pyridine rings is 1. The Morgan fingerprint density at radius 1 is 1.32 bits per heavy atom. The van der Waals surface area contributed by atoms with Crippen LogP contribution < -0.4 is 10.3 Å². The van der Waals surface area contributed by atoms with E-state index in [2.05, 4.69) is 9.72 Å². The molecule has 0 fully saturated rings. The third-order valence-corrected chi connectivity index (χ3v) is 2.78. The van der Waals surface area contributed by atoms with Gasteiger partial charge in [0.15, 0.2) is 5.75 Å². The maximum atomic E-state index is 12.3. The summed E-state index contributed by atoms with van der Waals surface area (Å²) in [5.74, 6) is -0.519. The van der Waals surface area contributed by atoms with E-state index in [-0.39, 0.29) is 10.5 Å².